The second kappa shape index (κ2) is 5.20. The summed E-state index contributed by atoms with van der Waals surface area (Å²) in [6.45, 7) is 0. The summed E-state index contributed by atoms with van der Waals surface area (Å²) in [5.74, 6) is 0. The van der Waals surface area contributed by atoms with Crippen molar-refractivity contribution < 1.29 is 33.4 Å². The molecule has 1 aromatic carbocycles. The molecule has 0 saturated carbocycles. The van der Waals surface area contributed by atoms with Gasteiger partial charge in [0.05, 0.1) is 0 Å². The Labute approximate surface area is 94.6 Å². The molecule has 0 N–H and O–H groups in total. The fourth-order valence-corrected chi connectivity index (χ4v) is 1.24. The molecular formula is C10H10ClNO4. The lowest BCUT2D eigenvalue weighted by molar-refractivity contribution is -2.00. The van der Waals surface area contributed by atoms with Crippen molar-refractivity contribution in [3.05, 3.63) is 42.7 Å². The van der Waals surface area contributed by atoms with E-state index in [2.05, 4.69) is 47.3 Å². The normalized spacial score (nSPS) is 10.8. The molecule has 16 heavy (non-hydrogen) atoms. The van der Waals surface area contributed by atoms with Crippen LogP contribution in [0.4, 0.5) is 0 Å². The molecule has 86 valence electrons. The number of benzene rings is 1. The number of hydrogen-bond donors (Lipinski definition) is 0. The summed E-state index contributed by atoms with van der Waals surface area (Å²) < 4.78 is 36.0. The number of fused-ring (bicyclic) bond motifs is 1. The molecule has 0 amide bonds. The third-order valence-corrected chi connectivity index (χ3v) is 1.83. The van der Waals surface area contributed by atoms with Crippen molar-refractivity contribution >= 4 is 10.8 Å². The topological polar surface area (TPSA) is 96.1 Å². The zero-order valence-corrected chi connectivity index (χ0v) is 9.26. The van der Waals surface area contributed by atoms with Gasteiger partial charge in [0, 0.05) is 11.5 Å². The summed E-state index contributed by atoms with van der Waals surface area (Å²) in [6.07, 6.45) is 4.18. The molecule has 5 nitrogen and oxygen atoms in total. The molecular weight excluding hydrogens is 234 g/mol. The van der Waals surface area contributed by atoms with Crippen LogP contribution < -0.4 is 23.2 Å². The van der Waals surface area contributed by atoms with E-state index in [1.54, 1.807) is 0 Å². The van der Waals surface area contributed by atoms with Gasteiger partial charge in [0.1, 0.15) is 7.05 Å². The third-order valence-electron chi connectivity index (χ3n) is 1.83. The largest absolute Gasteiger partial charge is 0.222 e. The lowest BCUT2D eigenvalue weighted by Crippen LogP contribution is -2.68. The van der Waals surface area contributed by atoms with Crippen LogP contribution in [0.2, 0.25) is 0 Å². The molecule has 0 bridgehead atoms. The highest BCUT2D eigenvalue weighted by molar-refractivity contribution is 5.80. The molecule has 0 unspecified atom stereocenters. The van der Waals surface area contributed by atoms with Gasteiger partial charge >= 0.3 is 0 Å². The Morgan fingerprint density at radius 3 is 2.00 bits per heavy atom. The van der Waals surface area contributed by atoms with Crippen LogP contribution in [-0.4, -0.2) is 0 Å². The predicted molar refractivity (Wildman–Crippen MR) is 45.1 cm³/mol. The summed E-state index contributed by atoms with van der Waals surface area (Å²) in [5, 5.41) is 2.59. The number of pyridine rings is 1. The van der Waals surface area contributed by atoms with Crippen molar-refractivity contribution in [1.29, 1.82) is 0 Å². The summed E-state index contributed by atoms with van der Waals surface area (Å²) in [5.41, 5.74) is 0. The Kier molecular flexibility index (Phi) is 4.17. The average molecular weight is 244 g/mol. The fourth-order valence-electron chi connectivity index (χ4n) is 1.24. The Balaban J connectivity index is 0.000000221. The molecule has 0 radical (unpaired) electrons. The maximum atomic E-state index is 8.49. The zero-order chi connectivity index (χ0) is 12.2. The number of halogens is 1. The van der Waals surface area contributed by atoms with E-state index >= 15 is 0 Å². The van der Waals surface area contributed by atoms with Gasteiger partial charge in [-0.05, 0) is 11.5 Å². The van der Waals surface area contributed by atoms with Crippen LogP contribution in [0.1, 0.15) is 0 Å². The molecule has 0 aliphatic heterocycles. The van der Waals surface area contributed by atoms with Gasteiger partial charge in [-0.15, -0.1) is 10.2 Å². The highest BCUT2D eigenvalue weighted by Crippen LogP contribution is 2.08. The fraction of sp³-hybridized carbons (Fsp3) is 0.100. The highest BCUT2D eigenvalue weighted by Gasteiger charge is 1.94. The Hall–Kier alpha value is -1.24. The van der Waals surface area contributed by atoms with Crippen LogP contribution in [0, 0.1) is 10.2 Å². The summed E-state index contributed by atoms with van der Waals surface area (Å²) in [4.78, 5) is 0. The van der Waals surface area contributed by atoms with Crippen LogP contribution in [0.5, 0.6) is 0 Å². The molecule has 2 rings (SSSR count). The highest BCUT2D eigenvalue weighted by atomic mass is 35.7. The van der Waals surface area contributed by atoms with Crippen molar-refractivity contribution in [2.45, 2.75) is 0 Å². The van der Waals surface area contributed by atoms with Crippen molar-refractivity contribution in [2.24, 2.45) is 7.05 Å². The van der Waals surface area contributed by atoms with Gasteiger partial charge in [-0.25, -0.2) is 23.2 Å². The first-order valence-electron chi connectivity index (χ1n) is 4.32. The number of nitrogens with zero attached hydrogens (tertiary/aromatic N) is 1. The van der Waals surface area contributed by atoms with E-state index in [0.29, 0.717) is 0 Å². The zero-order valence-electron chi connectivity index (χ0n) is 8.50. The van der Waals surface area contributed by atoms with Gasteiger partial charge in [-0.3, -0.25) is 0 Å². The molecule has 0 aliphatic rings. The SMILES string of the molecule is C[n+]1ccc2ccccc2c1.[O-][Cl+3]([O-])([O-])[O-]. The van der Waals surface area contributed by atoms with E-state index in [4.69, 9.17) is 18.6 Å². The lowest BCUT2D eigenvalue weighted by Gasteiger charge is -2.17. The van der Waals surface area contributed by atoms with Gasteiger partial charge in [-0.2, -0.15) is 0 Å². The second-order valence-electron chi connectivity index (χ2n) is 3.12. The monoisotopic (exact) mass is 243 g/mol. The van der Waals surface area contributed by atoms with E-state index in [9.17, 15) is 0 Å². The van der Waals surface area contributed by atoms with Crippen molar-refractivity contribution in [2.75, 3.05) is 0 Å². The number of hydrogen-bond acceptors (Lipinski definition) is 4. The van der Waals surface area contributed by atoms with Crippen LogP contribution >= 0.6 is 0 Å². The predicted octanol–water partition coefficient (Wildman–Crippen LogP) is -3.09. The molecule has 2 aromatic rings. The number of aryl methyl sites for hydroxylation is 1. The first kappa shape index (κ1) is 12.8. The molecule has 1 heterocycles. The van der Waals surface area contributed by atoms with Crippen LogP contribution in [0.3, 0.4) is 0 Å². The number of rotatable bonds is 0. The minimum atomic E-state index is -4.94. The maximum Gasteiger partial charge on any atom is 0.176 e. The van der Waals surface area contributed by atoms with E-state index in [1.165, 1.54) is 10.8 Å². The van der Waals surface area contributed by atoms with Crippen LogP contribution in [-0.2, 0) is 7.05 Å². The maximum absolute atomic E-state index is 8.49. The Morgan fingerprint density at radius 1 is 0.938 bits per heavy atom. The van der Waals surface area contributed by atoms with Gasteiger partial charge in [0.15, 0.2) is 12.4 Å². The minimum Gasteiger partial charge on any atom is -0.222 e. The van der Waals surface area contributed by atoms with Gasteiger partial charge < -0.3 is 0 Å². The molecule has 0 spiro atoms. The smallest absolute Gasteiger partial charge is 0.176 e. The Bertz CT molecular complexity index is 464. The van der Waals surface area contributed by atoms with E-state index < -0.39 is 10.2 Å². The summed E-state index contributed by atoms with van der Waals surface area (Å²) in [6, 6.07) is 10.5. The van der Waals surface area contributed by atoms with E-state index in [-0.39, 0.29) is 0 Å². The molecule has 0 aliphatic carbocycles. The average Bonchev–Trinajstić information content (AvgIpc) is 2.15. The number of aromatic nitrogens is 1. The van der Waals surface area contributed by atoms with Crippen molar-refractivity contribution in [3.8, 4) is 0 Å². The molecule has 0 fully saturated rings. The first-order valence-corrected chi connectivity index (χ1v) is 5.55. The third kappa shape index (κ3) is 5.01. The lowest BCUT2D eigenvalue weighted by atomic mass is 10.2. The van der Waals surface area contributed by atoms with Crippen LogP contribution in [0.25, 0.3) is 10.8 Å². The summed E-state index contributed by atoms with van der Waals surface area (Å²) >= 11 is 0. The molecule has 1 aromatic heterocycles. The molecule has 0 saturated heterocycles. The standard InChI is InChI=1S/C10H10N.ClHO4/c1-11-7-6-9-4-2-3-5-10(9)8-11;2-1(3,4)5/h2-8H,1H3;(H,2,3,4,5)/q+1;/p-1. The quantitative estimate of drug-likeness (QED) is 0.458. The minimum absolute atomic E-state index is 1.29. The van der Waals surface area contributed by atoms with Crippen LogP contribution in [0.15, 0.2) is 42.7 Å². The van der Waals surface area contributed by atoms with Gasteiger partial charge in [0.2, 0.25) is 0 Å². The van der Waals surface area contributed by atoms with Crippen molar-refractivity contribution in [3.63, 3.8) is 0 Å². The van der Waals surface area contributed by atoms with Gasteiger partial charge in [0.25, 0.3) is 0 Å². The molecule has 0 atom stereocenters. The summed E-state index contributed by atoms with van der Waals surface area (Å²) in [7, 11) is -2.91. The second-order valence-corrected chi connectivity index (χ2v) is 3.87. The molecule has 6 heteroatoms. The Morgan fingerprint density at radius 2 is 1.44 bits per heavy atom. The van der Waals surface area contributed by atoms with E-state index in [1.807, 2.05) is 7.05 Å². The first-order chi connectivity index (χ1) is 7.36. The van der Waals surface area contributed by atoms with Gasteiger partial charge in [-0.1, -0.05) is 18.2 Å². The van der Waals surface area contributed by atoms with E-state index in [0.717, 1.165) is 0 Å². The van der Waals surface area contributed by atoms with Crippen molar-refractivity contribution in [1.82, 2.24) is 0 Å².